The first-order valence-corrected chi connectivity index (χ1v) is 9.76. The molecule has 1 aromatic rings. The van der Waals surface area contributed by atoms with Crippen molar-refractivity contribution < 1.29 is 28.8 Å². The fraction of sp³-hybridized carbons (Fsp3) is 0.450. The molecular formula is C20H20N4O7. The van der Waals surface area contributed by atoms with E-state index in [1.165, 1.54) is 13.0 Å². The van der Waals surface area contributed by atoms with Gasteiger partial charge in [0.1, 0.15) is 12.1 Å². The van der Waals surface area contributed by atoms with E-state index in [1.807, 2.05) is 0 Å². The second kappa shape index (κ2) is 8.91. The maximum atomic E-state index is 12.6. The van der Waals surface area contributed by atoms with Crippen LogP contribution < -0.4 is 5.32 Å². The molecule has 1 saturated heterocycles. The van der Waals surface area contributed by atoms with Crippen LogP contribution >= 0.6 is 0 Å². The van der Waals surface area contributed by atoms with Crippen LogP contribution in [0.25, 0.3) is 0 Å². The molecule has 0 radical (unpaired) electrons. The number of esters is 1. The van der Waals surface area contributed by atoms with Crippen LogP contribution in [0, 0.1) is 33.3 Å². The zero-order chi connectivity index (χ0) is 22.7. The Morgan fingerprint density at radius 1 is 1.29 bits per heavy atom. The number of carbonyl (C=O) groups excluding carboxylic acids is 4. The highest BCUT2D eigenvalue weighted by Crippen LogP contribution is 2.38. The molecule has 0 spiro atoms. The maximum absolute atomic E-state index is 12.6. The Bertz CT molecular complexity index is 976. The molecule has 0 aromatic heterocycles. The quantitative estimate of drug-likeness (QED) is 0.309. The molecule has 0 bridgehead atoms. The predicted molar refractivity (Wildman–Crippen MR) is 104 cm³/mol. The maximum Gasteiger partial charge on any atom is 0.329 e. The summed E-state index contributed by atoms with van der Waals surface area (Å²) in [5.41, 5.74) is -0.412. The van der Waals surface area contributed by atoms with Gasteiger partial charge in [-0.3, -0.25) is 29.4 Å². The number of likely N-dealkylation sites (tertiary alicyclic amines) is 1. The van der Waals surface area contributed by atoms with Gasteiger partial charge >= 0.3 is 5.97 Å². The minimum absolute atomic E-state index is 0.0242. The van der Waals surface area contributed by atoms with Gasteiger partial charge in [0.05, 0.1) is 28.0 Å². The molecule has 2 aliphatic rings. The largest absolute Gasteiger partial charge is 0.454 e. The van der Waals surface area contributed by atoms with Crippen molar-refractivity contribution >= 4 is 35.1 Å². The molecule has 1 aliphatic carbocycles. The Hall–Kier alpha value is -3.81. The Morgan fingerprint density at radius 2 is 1.90 bits per heavy atom. The fourth-order valence-electron chi connectivity index (χ4n) is 3.97. The van der Waals surface area contributed by atoms with Crippen LogP contribution in [0.5, 0.6) is 0 Å². The van der Waals surface area contributed by atoms with Crippen molar-refractivity contribution in [1.29, 1.82) is 5.26 Å². The summed E-state index contributed by atoms with van der Waals surface area (Å²) in [6, 6.07) is 3.91. The van der Waals surface area contributed by atoms with Crippen molar-refractivity contribution in [3.8, 4) is 6.07 Å². The lowest BCUT2D eigenvalue weighted by Crippen LogP contribution is -2.45. The first kappa shape index (κ1) is 21.9. The van der Waals surface area contributed by atoms with Crippen molar-refractivity contribution in [1.82, 2.24) is 4.90 Å². The van der Waals surface area contributed by atoms with E-state index in [-0.39, 0.29) is 28.8 Å². The summed E-state index contributed by atoms with van der Waals surface area (Å²) in [6.45, 7) is 0.658. The van der Waals surface area contributed by atoms with Crippen LogP contribution in [0.15, 0.2) is 18.2 Å². The van der Waals surface area contributed by atoms with Gasteiger partial charge in [-0.2, -0.15) is 5.26 Å². The number of nitro groups is 1. The minimum atomic E-state index is -1.16. The standard InChI is InChI=1S/C20H20N4O7/c1-11(23-18(26)14-4-2-3-5-15(14)19(23)27)20(28)31-10-17(25)22-16-7-6-13(24(29)30)8-12(16)9-21/h6-8,11,14-15H,2-5,10H2,1H3,(H,22,25)/t11-,14-,15-/m0/s1. The van der Waals surface area contributed by atoms with Crippen LogP contribution in [0.1, 0.15) is 38.2 Å². The summed E-state index contributed by atoms with van der Waals surface area (Å²) in [6.07, 6.45) is 2.96. The van der Waals surface area contributed by atoms with Gasteiger partial charge in [-0.25, -0.2) is 4.79 Å². The lowest BCUT2D eigenvalue weighted by Gasteiger charge is -2.21. The van der Waals surface area contributed by atoms with Gasteiger partial charge in [-0.15, -0.1) is 0 Å². The molecule has 162 valence electrons. The monoisotopic (exact) mass is 428 g/mol. The summed E-state index contributed by atoms with van der Waals surface area (Å²) in [5.74, 6) is -3.24. The molecule has 3 rings (SSSR count). The van der Waals surface area contributed by atoms with Gasteiger partial charge < -0.3 is 10.1 Å². The van der Waals surface area contributed by atoms with Crippen LogP contribution in [0.3, 0.4) is 0 Å². The number of hydrogen-bond donors (Lipinski definition) is 1. The van der Waals surface area contributed by atoms with Gasteiger partial charge in [0.2, 0.25) is 11.8 Å². The normalized spacial score (nSPS) is 21.1. The number of anilines is 1. The average Bonchev–Trinajstić information content (AvgIpc) is 3.02. The zero-order valence-electron chi connectivity index (χ0n) is 16.7. The van der Waals surface area contributed by atoms with E-state index in [1.54, 1.807) is 6.07 Å². The number of fused-ring (bicyclic) bond motifs is 1. The number of hydrogen-bond acceptors (Lipinski definition) is 8. The van der Waals surface area contributed by atoms with E-state index in [2.05, 4.69) is 5.32 Å². The molecule has 3 amide bonds. The number of ether oxygens (including phenoxy) is 1. The molecule has 3 atom stereocenters. The topological polar surface area (TPSA) is 160 Å². The van der Waals surface area contributed by atoms with Gasteiger partial charge in [0.15, 0.2) is 6.61 Å². The van der Waals surface area contributed by atoms with Gasteiger partial charge in [0.25, 0.3) is 11.6 Å². The van der Waals surface area contributed by atoms with Crippen LogP contribution in [0.4, 0.5) is 11.4 Å². The van der Waals surface area contributed by atoms with E-state index in [4.69, 9.17) is 10.00 Å². The highest BCUT2D eigenvalue weighted by atomic mass is 16.6. The smallest absolute Gasteiger partial charge is 0.329 e. The fourth-order valence-corrected chi connectivity index (χ4v) is 3.97. The summed E-state index contributed by atoms with van der Waals surface area (Å²) < 4.78 is 4.95. The van der Waals surface area contributed by atoms with Crippen molar-refractivity contribution in [2.75, 3.05) is 11.9 Å². The number of benzene rings is 1. The van der Waals surface area contributed by atoms with E-state index in [0.29, 0.717) is 12.8 Å². The minimum Gasteiger partial charge on any atom is -0.454 e. The summed E-state index contributed by atoms with van der Waals surface area (Å²) >= 11 is 0. The van der Waals surface area contributed by atoms with Crippen molar-refractivity contribution in [2.24, 2.45) is 11.8 Å². The van der Waals surface area contributed by atoms with E-state index in [9.17, 15) is 29.3 Å². The lowest BCUT2D eigenvalue weighted by molar-refractivity contribution is -0.384. The first-order chi connectivity index (χ1) is 14.7. The van der Waals surface area contributed by atoms with Crippen LogP contribution in [-0.2, 0) is 23.9 Å². The van der Waals surface area contributed by atoms with E-state index < -0.39 is 41.3 Å². The van der Waals surface area contributed by atoms with Gasteiger partial charge in [-0.05, 0) is 25.8 Å². The molecule has 1 aliphatic heterocycles. The van der Waals surface area contributed by atoms with Gasteiger partial charge in [0, 0.05) is 12.1 Å². The molecule has 11 nitrogen and oxygen atoms in total. The zero-order valence-corrected chi connectivity index (χ0v) is 16.7. The third-order valence-corrected chi connectivity index (χ3v) is 5.56. The number of nitrogens with zero attached hydrogens (tertiary/aromatic N) is 3. The first-order valence-electron chi connectivity index (χ1n) is 9.76. The number of non-ortho nitro benzene ring substituents is 1. The Kier molecular flexibility index (Phi) is 6.29. The van der Waals surface area contributed by atoms with Gasteiger partial charge in [-0.1, -0.05) is 12.8 Å². The van der Waals surface area contributed by atoms with E-state index in [0.717, 1.165) is 29.9 Å². The molecule has 0 unspecified atom stereocenters. The second-order valence-corrected chi connectivity index (χ2v) is 7.47. The number of amides is 3. The Balaban J connectivity index is 1.59. The molecule has 1 aromatic carbocycles. The number of nitrogens with one attached hydrogen (secondary N) is 1. The van der Waals surface area contributed by atoms with Crippen molar-refractivity contribution in [3.05, 3.63) is 33.9 Å². The van der Waals surface area contributed by atoms with E-state index >= 15 is 0 Å². The highest BCUT2D eigenvalue weighted by molar-refractivity contribution is 6.08. The highest BCUT2D eigenvalue weighted by Gasteiger charge is 2.51. The molecule has 11 heteroatoms. The van der Waals surface area contributed by atoms with Crippen LogP contribution in [0.2, 0.25) is 0 Å². The molecule has 31 heavy (non-hydrogen) atoms. The number of nitriles is 1. The third-order valence-electron chi connectivity index (χ3n) is 5.56. The SMILES string of the molecule is C[C@@H](C(=O)OCC(=O)Nc1ccc([N+](=O)[O-])cc1C#N)N1C(=O)[C@H]2CCCC[C@@H]2C1=O. The molecular weight excluding hydrogens is 408 g/mol. The average molecular weight is 428 g/mol. The predicted octanol–water partition coefficient (Wildman–Crippen LogP) is 1.51. The number of nitro benzene ring substituents is 1. The number of rotatable bonds is 6. The number of carbonyl (C=O) groups is 4. The molecule has 2 fully saturated rings. The summed E-state index contributed by atoms with van der Waals surface area (Å²) in [7, 11) is 0. The molecule has 1 N–H and O–H groups in total. The lowest BCUT2D eigenvalue weighted by atomic mass is 9.81. The summed E-state index contributed by atoms with van der Waals surface area (Å²) in [4.78, 5) is 60.6. The van der Waals surface area contributed by atoms with Crippen LogP contribution in [-0.4, -0.2) is 46.2 Å². The molecule has 1 saturated carbocycles. The third kappa shape index (κ3) is 4.37. The van der Waals surface area contributed by atoms with Crippen molar-refractivity contribution in [2.45, 2.75) is 38.6 Å². The Labute approximate surface area is 177 Å². The summed E-state index contributed by atoms with van der Waals surface area (Å²) in [5, 5.41) is 22.2. The number of imide groups is 1. The van der Waals surface area contributed by atoms with Crippen molar-refractivity contribution in [3.63, 3.8) is 0 Å². The Morgan fingerprint density at radius 3 is 2.45 bits per heavy atom. The molecule has 1 heterocycles. The second-order valence-electron chi connectivity index (χ2n) is 7.47.